The van der Waals surface area contributed by atoms with Crippen molar-refractivity contribution in [2.75, 3.05) is 10.2 Å². The zero-order chi connectivity index (χ0) is 14.9. The molecule has 1 N–H and O–H groups in total. The van der Waals surface area contributed by atoms with Gasteiger partial charge >= 0.3 is 0 Å². The lowest BCUT2D eigenvalue weighted by Gasteiger charge is -2.36. The van der Waals surface area contributed by atoms with E-state index >= 15 is 0 Å². The molecule has 0 saturated carbocycles. The van der Waals surface area contributed by atoms with Crippen LogP contribution >= 0.6 is 0 Å². The van der Waals surface area contributed by atoms with E-state index in [-0.39, 0.29) is 6.17 Å². The normalized spacial score (nSPS) is 25.9. The third kappa shape index (κ3) is 2.19. The first-order valence-corrected chi connectivity index (χ1v) is 8.18. The first kappa shape index (κ1) is 13.4. The van der Waals surface area contributed by atoms with Gasteiger partial charge in [-0.05, 0) is 43.4 Å². The molecule has 2 aliphatic carbocycles. The molecule has 0 amide bonds. The number of para-hydroxylation sites is 1. The summed E-state index contributed by atoms with van der Waals surface area (Å²) < 4.78 is 0. The van der Waals surface area contributed by atoms with Gasteiger partial charge in [0.15, 0.2) is 0 Å². The number of aryl methyl sites for hydroxylation is 1. The lowest BCUT2D eigenvalue weighted by atomic mass is 9.99. The van der Waals surface area contributed by atoms with E-state index in [1.54, 1.807) is 0 Å². The summed E-state index contributed by atoms with van der Waals surface area (Å²) in [5, 5.41) is 3.76. The summed E-state index contributed by atoms with van der Waals surface area (Å²) in [5.74, 6) is 0. The minimum absolute atomic E-state index is 0.280. The maximum Gasteiger partial charge on any atom is 0.122 e. The lowest BCUT2D eigenvalue weighted by molar-refractivity contribution is 0.637. The molecule has 1 aromatic rings. The summed E-state index contributed by atoms with van der Waals surface area (Å²) in [6.07, 6.45) is 19.3. The van der Waals surface area contributed by atoms with Crippen LogP contribution in [-0.2, 0) is 0 Å². The number of anilines is 2. The Balaban J connectivity index is 1.77. The Morgan fingerprint density at radius 3 is 2.86 bits per heavy atom. The van der Waals surface area contributed by atoms with Crippen LogP contribution < -0.4 is 10.2 Å². The zero-order valence-corrected chi connectivity index (χ0v) is 13.0. The van der Waals surface area contributed by atoms with Gasteiger partial charge in [-0.3, -0.25) is 0 Å². The van der Waals surface area contributed by atoms with Crippen LogP contribution in [0.2, 0.25) is 0 Å². The molecule has 3 aliphatic rings. The van der Waals surface area contributed by atoms with Gasteiger partial charge in [-0.2, -0.15) is 0 Å². The Hall–Kier alpha value is -2.22. The molecule has 0 fully saturated rings. The van der Waals surface area contributed by atoms with E-state index < -0.39 is 0 Å². The summed E-state index contributed by atoms with van der Waals surface area (Å²) >= 11 is 0. The van der Waals surface area contributed by atoms with Crippen LogP contribution in [0.4, 0.5) is 11.4 Å². The molecule has 0 bridgehead atoms. The van der Waals surface area contributed by atoms with E-state index in [4.69, 9.17) is 0 Å². The molecule has 0 aromatic heterocycles. The van der Waals surface area contributed by atoms with Gasteiger partial charge in [0, 0.05) is 0 Å². The molecular weight excluding hydrogens is 268 g/mol. The standard InChI is InChI=1S/C20H22N2/c1-15-9-8-14-18-19(15)22(17-12-6-3-7-13-17)20(21-18)16-10-4-2-5-11-16/h2-4,6-10,12,14,17,20-21H,5,11,13H2,1H3. The van der Waals surface area contributed by atoms with Crippen molar-refractivity contribution >= 4 is 11.4 Å². The van der Waals surface area contributed by atoms with Crippen LogP contribution in [0.3, 0.4) is 0 Å². The van der Waals surface area contributed by atoms with E-state index in [0.29, 0.717) is 6.04 Å². The summed E-state index contributed by atoms with van der Waals surface area (Å²) in [5.41, 5.74) is 5.47. The number of nitrogens with one attached hydrogen (secondary N) is 1. The van der Waals surface area contributed by atoms with Crippen molar-refractivity contribution in [1.82, 2.24) is 0 Å². The number of benzene rings is 1. The monoisotopic (exact) mass is 290 g/mol. The number of hydrogen-bond acceptors (Lipinski definition) is 2. The van der Waals surface area contributed by atoms with Crippen LogP contribution in [0.15, 0.2) is 66.3 Å². The van der Waals surface area contributed by atoms with Crippen molar-refractivity contribution in [3.63, 3.8) is 0 Å². The second-order valence-electron chi connectivity index (χ2n) is 6.25. The SMILES string of the molecule is Cc1cccc2c1N(C1C=CC=CC1)C(C1=CC=CCC1)N2. The van der Waals surface area contributed by atoms with Crippen LogP contribution in [0.5, 0.6) is 0 Å². The fraction of sp³-hybridized carbons (Fsp3) is 0.300. The minimum Gasteiger partial charge on any atom is -0.360 e. The van der Waals surface area contributed by atoms with Gasteiger partial charge in [-0.15, -0.1) is 0 Å². The summed E-state index contributed by atoms with van der Waals surface area (Å²) in [7, 11) is 0. The molecule has 4 rings (SSSR count). The molecule has 0 spiro atoms. The fourth-order valence-electron chi connectivity index (χ4n) is 3.72. The minimum atomic E-state index is 0.280. The quantitative estimate of drug-likeness (QED) is 0.848. The predicted molar refractivity (Wildman–Crippen MR) is 94.2 cm³/mol. The van der Waals surface area contributed by atoms with Crippen molar-refractivity contribution in [2.24, 2.45) is 0 Å². The summed E-state index contributed by atoms with van der Waals surface area (Å²) in [6, 6.07) is 6.99. The van der Waals surface area contributed by atoms with E-state index in [9.17, 15) is 0 Å². The summed E-state index contributed by atoms with van der Waals surface area (Å²) in [6.45, 7) is 2.22. The Bertz CT molecular complexity index is 694. The van der Waals surface area contributed by atoms with Gasteiger partial charge in [-0.25, -0.2) is 0 Å². The molecule has 1 aliphatic heterocycles. The van der Waals surface area contributed by atoms with Crippen molar-refractivity contribution in [1.29, 1.82) is 0 Å². The molecule has 2 nitrogen and oxygen atoms in total. The zero-order valence-electron chi connectivity index (χ0n) is 13.0. The number of hydrogen-bond donors (Lipinski definition) is 1. The molecular formula is C20H22N2. The average Bonchev–Trinajstić information content (AvgIpc) is 2.97. The molecule has 2 unspecified atom stereocenters. The number of rotatable bonds is 2. The molecule has 112 valence electrons. The smallest absolute Gasteiger partial charge is 0.122 e. The van der Waals surface area contributed by atoms with Gasteiger partial charge < -0.3 is 10.2 Å². The maximum absolute atomic E-state index is 3.76. The highest BCUT2D eigenvalue weighted by Gasteiger charge is 2.35. The summed E-state index contributed by atoms with van der Waals surface area (Å²) in [4.78, 5) is 2.58. The van der Waals surface area contributed by atoms with Crippen molar-refractivity contribution in [2.45, 2.75) is 38.4 Å². The average molecular weight is 290 g/mol. The van der Waals surface area contributed by atoms with Crippen LogP contribution in [0.25, 0.3) is 0 Å². The number of fused-ring (bicyclic) bond motifs is 1. The molecule has 2 atom stereocenters. The molecule has 1 aromatic carbocycles. The van der Waals surface area contributed by atoms with E-state index in [2.05, 4.69) is 77.9 Å². The predicted octanol–water partition coefficient (Wildman–Crippen LogP) is 4.71. The Morgan fingerprint density at radius 2 is 2.09 bits per heavy atom. The van der Waals surface area contributed by atoms with Gasteiger partial charge in [-0.1, -0.05) is 54.7 Å². The topological polar surface area (TPSA) is 15.3 Å². The third-order valence-electron chi connectivity index (χ3n) is 4.78. The van der Waals surface area contributed by atoms with Crippen LogP contribution in [0, 0.1) is 6.92 Å². The highest BCUT2D eigenvalue weighted by Crippen LogP contribution is 2.42. The molecule has 1 heterocycles. The van der Waals surface area contributed by atoms with Crippen molar-refractivity contribution < 1.29 is 0 Å². The first-order valence-electron chi connectivity index (χ1n) is 8.18. The van der Waals surface area contributed by atoms with Gasteiger partial charge in [0.1, 0.15) is 6.17 Å². The number of nitrogens with zero attached hydrogens (tertiary/aromatic N) is 1. The lowest BCUT2D eigenvalue weighted by Crippen LogP contribution is -2.44. The van der Waals surface area contributed by atoms with E-state index in [1.165, 1.54) is 22.5 Å². The first-order chi connectivity index (χ1) is 10.8. The third-order valence-corrected chi connectivity index (χ3v) is 4.78. The molecule has 0 radical (unpaired) electrons. The van der Waals surface area contributed by atoms with Gasteiger partial charge in [0.25, 0.3) is 0 Å². The van der Waals surface area contributed by atoms with Crippen molar-refractivity contribution in [3.8, 4) is 0 Å². The fourth-order valence-corrected chi connectivity index (χ4v) is 3.72. The van der Waals surface area contributed by atoms with Crippen LogP contribution in [-0.4, -0.2) is 12.2 Å². The number of allylic oxidation sites excluding steroid dienone is 5. The van der Waals surface area contributed by atoms with Gasteiger partial charge in [0.2, 0.25) is 0 Å². The highest BCUT2D eigenvalue weighted by atomic mass is 15.3. The van der Waals surface area contributed by atoms with E-state index in [0.717, 1.165) is 19.3 Å². The van der Waals surface area contributed by atoms with E-state index in [1.807, 2.05) is 0 Å². The highest BCUT2D eigenvalue weighted by molar-refractivity contribution is 5.81. The van der Waals surface area contributed by atoms with Crippen LogP contribution in [0.1, 0.15) is 24.8 Å². The molecule has 22 heavy (non-hydrogen) atoms. The Morgan fingerprint density at radius 1 is 1.14 bits per heavy atom. The second kappa shape index (κ2) is 5.53. The second-order valence-corrected chi connectivity index (χ2v) is 6.25. The molecule has 2 heteroatoms. The Labute approximate surface area is 132 Å². The molecule has 0 saturated heterocycles. The maximum atomic E-state index is 3.76. The Kier molecular flexibility index (Phi) is 3.38. The largest absolute Gasteiger partial charge is 0.360 e. The van der Waals surface area contributed by atoms with Crippen molar-refractivity contribution in [3.05, 3.63) is 71.9 Å². The van der Waals surface area contributed by atoms with Gasteiger partial charge in [0.05, 0.1) is 17.4 Å².